The van der Waals surface area contributed by atoms with Crippen LogP contribution in [0, 0.1) is 5.92 Å². The fourth-order valence-electron chi connectivity index (χ4n) is 3.83. The number of aromatic nitrogens is 3. The van der Waals surface area contributed by atoms with Gasteiger partial charge in [-0.15, -0.1) is 0 Å². The second-order valence-corrected chi connectivity index (χ2v) is 6.23. The van der Waals surface area contributed by atoms with Gasteiger partial charge in [0.05, 0.1) is 25.1 Å². The molecule has 4 rings (SSSR count). The van der Waals surface area contributed by atoms with Crippen LogP contribution < -0.4 is 0 Å². The van der Waals surface area contributed by atoms with Gasteiger partial charge in [0.25, 0.3) is 5.91 Å². The lowest BCUT2D eigenvalue weighted by atomic mass is 10.0. The highest BCUT2D eigenvalue weighted by Gasteiger charge is 2.44. The fourth-order valence-corrected chi connectivity index (χ4v) is 3.83. The Labute approximate surface area is 135 Å². The van der Waals surface area contributed by atoms with E-state index >= 15 is 0 Å². The Hall–Kier alpha value is -2.21. The molecule has 0 spiro atoms. The number of ether oxygens (including phenoxy) is 1. The summed E-state index contributed by atoms with van der Waals surface area (Å²) in [5.41, 5.74) is 0.707. The molecule has 1 saturated heterocycles. The number of carbonyl (C=O) groups excluding carboxylic acids is 1. The van der Waals surface area contributed by atoms with Gasteiger partial charge in [0, 0.05) is 49.4 Å². The molecule has 23 heavy (non-hydrogen) atoms. The highest BCUT2D eigenvalue weighted by molar-refractivity contribution is 5.94. The molecule has 6 nitrogen and oxygen atoms in total. The third-order valence-corrected chi connectivity index (χ3v) is 4.91. The van der Waals surface area contributed by atoms with Gasteiger partial charge in [0.2, 0.25) is 0 Å². The molecule has 2 fully saturated rings. The van der Waals surface area contributed by atoms with E-state index in [1.54, 1.807) is 30.7 Å². The molecule has 0 N–H and O–H groups in total. The molecule has 3 heterocycles. The molecule has 2 aliphatic rings. The number of pyridine rings is 1. The monoisotopic (exact) mass is 312 g/mol. The second kappa shape index (κ2) is 6.12. The molecule has 1 aliphatic heterocycles. The highest BCUT2D eigenvalue weighted by atomic mass is 16.5. The van der Waals surface area contributed by atoms with Gasteiger partial charge in [0.1, 0.15) is 0 Å². The molecule has 2 aromatic heterocycles. The standard InChI is InChI=1S/C17H20N4O2/c22-17(13-3-5-18-6-4-13)21-9-10-23-16-14(1-2-15(16)21)11-20-8-7-19-12-20/h3-8,12,14-16H,1-2,9-11H2. The van der Waals surface area contributed by atoms with Crippen molar-refractivity contribution in [3.8, 4) is 0 Å². The largest absolute Gasteiger partial charge is 0.374 e. The lowest BCUT2D eigenvalue weighted by Gasteiger charge is -2.39. The summed E-state index contributed by atoms with van der Waals surface area (Å²) in [5.74, 6) is 0.524. The summed E-state index contributed by atoms with van der Waals surface area (Å²) >= 11 is 0. The Morgan fingerprint density at radius 2 is 2.09 bits per heavy atom. The Morgan fingerprint density at radius 1 is 1.22 bits per heavy atom. The van der Waals surface area contributed by atoms with Crippen LogP contribution in [0.4, 0.5) is 0 Å². The lowest BCUT2D eigenvalue weighted by molar-refractivity contribution is -0.0645. The van der Waals surface area contributed by atoms with Crippen molar-refractivity contribution in [3.63, 3.8) is 0 Å². The number of nitrogens with zero attached hydrogens (tertiary/aromatic N) is 4. The summed E-state index contributed by atoms with van der Waals surface area (Å²) in [7, 11) is 0. The van der Waals surface area contributed by atoms with Crippen LogP contribution in [-0.2, 0) is 11.3 Å². The maximum Gasteiger partial charge on any atom is 0.254 e. The quantitative estimate of drug-likeness (QED) is 0.864. The normalized spacial score (nSPS) is 27.0. The molecule has 0 bridgehead atoms. The molecule has 2 aromatic rings. The zero-order valence-electron chi connectivity index (χ0n) is 12.9. The molecule has 6 heteroatoms. The van der Waals surface area contributed by atoms with Gasteiger partial charge in [-0.05, 0) is 25.0 Å². The minimum atomic E-state index is 0.0916. The van der Waals surface area contributed by atoms with Crippen molar-refractivity contribution in [1.29, 1.82) is 0 Å². The van der Waals surface area contributed by atoms with Crippen LogP contribution >= 0.6 is 0 Å². The zero-order valence-corrected chi connectivity index (χ0v) is 12.9. The molecule has 1 amide bonds. The van der Waals surface area contributed by atoms with Crippen LogP contribution in [0.2, 0.25) is 0 Å². The molecular formula is C17H20N4O2. The first-order chi connectivity index (χ1) is 11.3. The number of hydrogen-bond donors (Lipinski definition) is 0. The number of imidazole rings is 1. The van der Waals surface area contributed by atoms with Crippen LogP contribution in [0.1, 0.15) is 23.2 Å². The molecular weight excluding hydrogens is 292 g/mol. The number of hydrogen-bond acceptors (Lipinski definition) is 4. The van der Waals surface area contributed by atoms with Gasteiger partial charge in [-0.25, -0.2) is 4.98 Å². The van der Waals surface area contributed by atoms with E-state index in [0.29, 0.717) is 24.6 Å². The molecule has 0 aromatic carbocycles. The summed E-state index contributed by atoms with van der Waals surface area (Å²) in [6, 6.07) is 3.74. The van der Waals surface area contributed by atoms with Gasteiger partial charge >= 0.3 is 0 Å². The average molecular weight is 312 g/mol. The smallest absolute Gasteiger partial charge is 0.254 e. The number of amides is 1. The van der Waals surface area contributed by atoms with Gasteiger partial charge in [-0.2, -0.15) is 0 Å². The van der Waals surface area contributed by atoms with Crippen molar-refractivity contribution in [3.05, 3.63) is 48.8 Å². The summed E-state index contributed by atoms with van der Waals surface area (Å²) in [4.78, 5) is 22.9. The van der Waals surface area contributed by atoms with E-state index in [1.807, 2.05) is 17.4 Å². The number of fused-ring (bicyclic) bond motifs is 1. The predicted octanol–water partition coefficient (Wildman–Crippen LogP) is 1.60. The first-order valence-electron chi connectivity index (χ1n) is 8.11. The third-order valence-electron chi connectivity index (χ3n) is 4.91. The second-order valence-electron chi connectivity index (χ2n) is 6.23. The Balaban J connectivity index is 1.50. The van der Waals surface area contributed by atoms with Gasteiger partial charge in [-0.1, -0.05) is 0 Å². The summed E-state index contributed by atoms with van der Waals surface area (Å²) in [6.45, 7) is 2.18. The van der Waals surface area contributed by atoms with Crippen molar-refractivity contribution in [2.45, 2.75) is 31.5 Å². The van der Waals surface area contributed by atoms with Crippen molar-refractivity contribution < 1.29 is 9.53 Å². The van der Waals surface area contributed by atoms with E-state index in [0.717, 1.165) is 19.4 Å². The van der Waals surface area contributed by atoms with Crippen LogP contribution in [0.5, 0.6) is 0 Å². The van der Waals surface area contributed by atoms with Crippen molar-refractivity contribution >= 4 is 5.91 Å². The van der Waals surface area contributed by atoms with E-state index in [2.05, 4.69) is 14.5 Å². The van der Waals surface area contributed by atoms with Crippen LogP contribution in [0.3, 0.4) is 0 Å². The molecule has 120 valence electrons. The topological polar surface area (TPSA) is 60.3 Å². The molecule has 1 aliphatic carbocycles. The van der Waals surface area contributed by atoms with Crippen molar-refractivity contribution in [2.75, 3.05) is 13.2 Å². The number of carbonyl (C=O) groups is 1. The van der Waals surface area contributed by atoms with Gasteiger partial charge in [0.15, 0.2) is 0 Å². The summed E-state index contributed by atoms with van der Waals surface area (Å²) < 4.78 is 8.14. The Bertz CT molecular complexity index is 658. The molecule has 1 saturated carbocycles. The minimum absolute atomic E-state index is 0.0916. The average Bonchev–Trinajstić information content (AvgIpc) is 3.25. The predicted molar refractivity (Wildman–Crippen MR) is 83.8 cm³/mol. The van der Waals surface area contributed by atoms with Crippen molar-refractivity contribution in [2.24, 2.45) is 5.92 Å². The minimum Gasteiger partial charge on any atom is -0.374 e. The maximum atomic E-state index is 12.8. The molecule has 0 radical (unpaired) electrons. The van der Waals surface area contributed by atoms with Crippen molar-refractivity contribution in [1.82, 2.24) is 19.4 Å². The van der Waals surface area contributed by atoms with Crippen LogP contribution in [0.15, 0.2) is 43.2 Å². The van der Waals surface area contributed by atoms with E-state index in [-0.39, 0.29) is 18.1 Å². The number of rotatable bonds is 3. The SMILES string of the molecule is O=C(c1ccncc1)N1CCOC2C(Cn3ccnc3)CCC21. The van der Waals surface area contributed by atoms with Gasteiger partial charge < -0.3 is 14.2 Å². The number of morpholine rings is 1. The highest BCUT2D eigenvalue weighted by Crippen LogP contribution is 2.36. The summed E-state index contributed by atoms with van der Waals surface area (Å²) in [6.07, 6.45) is 11.2. The Kier molecular flexibility index (Phi) is 3.83. The zero-order chi connectivity index (χ0) is 15.6. The summed E-state index contributed by atoms with van der Waals surface area (Å²) in [5, 5.41) is 0. The maximum absolute atomic E-state index is 12.8. The first-order valence-corrected chi connectivity index (χ1v) is 8.11. The van der Waals surface area contributed by atoms with E-state index in [4.69, 9.17) is 4.74 Å². The first kappa shape index (κ1) is 14.4. The van der Waals surface area contributed by atoms with E-state index in [1.165, 1.54) is 0 Å². The fraction of sp³-hybridized carbons (Fsp3) is 0.471. The van der Waals surface area contributed by atoms with Crippen LogP contribution in [0.25, 0.3) is 0 Å². The van der Waals surface area contributed by atoms with E-state index in [9.17, 15) is 4.79 Å². The van der Waals surface area contributed by atoms with Crippen LogP contribution in [-0.4, -0.2) is 50.6 Å². The molecule has 3 atom stereocenters. The lowest BCUT2D eigenvalue weighted by Crippen LogP contribution is -2.53. The van der Waals surface area contributed by atoms with Gasteiger partial charge in [-0.3, -0.25) is 9.78 Å². The van der Waals surface area contributed by atoms with E-state index < -0.39 is 0 Å². The Morgan fingerprint density at radius 3 is 2.87 bits per heavy atom. The molecule has 3 unspecified atom stereocenters. The third kappa shape index (κ3) is 2.74.